The molecule has 0 heterocycles. The number of carbonyl (C=O) groups is 1. The van der Waals surface area contributed by atoms with Crippen LogP contribution < -0.4 is 5.73 Å². The van der Waals surface area contributed by atoms with Crippen molar-refractivity contribution in [2.75, 3.05) is 33.0 Å². The van der Waals surface area contributed by atoms with E-state index in [9.17, 15) is 14.3 Å². The molecule has 0 aliphatic rings. The van der Waals surface area contributed by atoms with Gasteiger partial charge in [-0.15, -0.1) is 0 Å². The second-order valence-electron chi connectivity index (χ2n) is 13.5. The maximum absolute atomic E-state index is 12.5. The topological polar surface area (TPSA) is 117 Å². The molecule has 0 radical (unpaired) electrons. The summed E-state index contributed by atoms with van der Waals surface area (Å²) in [7, 11) is -4.28. The summed E-state index contributed by atoms with van der Waals surface area (Å²) < 4.78 is 33.4. The third-order valence-electron chi connectivity index (χ3n) is 8.57. The van der Waals surface area contributed by atoms with E-state index in [1.165, 1.54) is 89.9 Å². The Balaban J connectivity index is 4.06. The standard InChI is InChI=1S/C41H78NO7P/c1-3-5-7-9-11-13-15-17-19-21-23-25-27-29-31-33-36-46-38-40(39-48-50(44,45)47-37-35-42)49-41(43)34-32-30-28-26-24-22-20-18-16-14-12-10-8-6-4-2/h6,8,12,14,18,20,40H,3-5,7,9-11,13,15-17,19,21-39,42H2,1-2H3,(H,44,45)/b8-6-,14-12-,20-18-. The molecule has 0 aromatic heterocycles. The first-order chi connectivity index (χ1) is 24.4. The normalized spacial score (nSPS) is 13.9. The van der Waals surface area contributed by atoms with E-state index in [0.29, 0.717) is 13.0 Å². The Bertz CT molecular complexity index is 864. The maximum Gasteiger partial charge on any atom is 0.472 e. The lowest BCUT2D eigenvalue weighted by Gasteiger charge is -2.20. The van der Waals surface area contributed by atoms with Gasteiger partial charge < -0.3 is 20.1 Å². The first-order valence-electron chi connectivity index (χ1n) is 20.5. The summed E-state index contributed by atoms with van der Waals surface area (Å²) in [6, 6.07) is 0. The number of unbranched alkanes of at least 4 members (excludes halogenated alkanes) is 20. The molecule has 0 aromatic rings. The molecular weight excluding hydrogens is 649 g/mol. The highest BCUT2D eigenvalue weighted by molar-refractivity contribution is 7.47. The number of esters is 1. The van der Waals surface area contributed by atoms with Crippen LogP contribution in [0.5, 0.6) is 0 Å². The molecule has 0 saturated heterocycles. The molecule has 0 fully saturated rings. The molecule has 294 valence electrons. The minimum absolute atomic E-state index is 0.0977. The van der Waals surface area contributed by atoms with Gasteiger partial charge in [-0.05, 0) is 44.9 Å². The molecule has 9 heteroatoms. The molecule has 50 heavy (non-hydrogen) atoms. The van der Waals surface area contributed by atoms with Crippen LogP contribution in [0.25, 0.3) is 0 Å². The van der Waals surface area contributed by atoms with Crippen molar-refractivity contribution < 1.29 is 32.8 Å². The maximum atomic E-state index is 12.5. The van der Waals surface area contributed by atoms with Crippen molar-refractivity contribution in [3.8, 4) is 0 Å². The summed E-state index contributed by atoms with van der Waals surface area (Å²) in [5.74, 6) is -0.346. The van der Waals surface area contributed by atoms with Gasteiger partial charge in [0, 0.05) is 19.6 Å². The Morgan fingerprint density at radius 1 is 0.620 bits per heavy atom. The van der Waals surface area contributed by atoms with Crippen molar-refractivity contribution in [3.05, 3.63) is 36.5 Å². The fourth-order valence-electron chi connectivity index (χ4n) is 5.60. The molecule has 8 nitrogen and oxygen atoms in total. The van der Waals surface area contributed by atoms with Crippen LogP contribution in [0.2, 0.25) is 0 Å². The van der Waals surface area contributed by atoms with Crippen molar-refractivity contribution >= 4 is 13.8 Å². The summed E-state index contributed by atoms with van der Waals surface area (Å²) >= 11 is 0. The van der Waals surface area contributed by atoms with Gasteiger partial charge >= 0.3 is 13.8 Å². The zero-order valence-electron chi connectivity index (χ0n) is 32.4. The summed E-state index contributed by atoms with van der Waals surface area (Å²) in [4.78, 5) is 22.4. The van der Waals surface area contributed by atoms with Gasteiger partial charge in [-0.25, -0.2) is 4.57 Å². The lowest BCUT2D eigenvalue weighted by molar-refractivity contribution is -0.154. The van der Waals surface area contributed by atoms with Crippen LogP contribution in [-0.2, 0) is 27.9 Å². The average molecular weight is 728 g/mol. The van der Waals surface area contributed by atoms with Gasteiger partial charge in [-0.2, -0.15) is 0 Å². The van der Waals surface area contributed by atoms with Crippen molar-refractivity contribution in [2.45, 2.75) is 187 Å². The summed E-state index contributed by atoms with van der Waals surface area (Å²) in [6.45, 7) is 4.80. The molecule has 0 bridgehead atoms. The van der Waals surface area contributed by atoms with Crippen LogP contribution >= 0.6 is 7.82 Å². The molecule has 0 spiro atoms. The second-order valence-corrected chi connectivity index (χ2v) is 14.9. The molecule has 0 rings (SSSR count). The molecule has 0 aromatic carbocycles. The van der Waals surface area contributed by atoms with Gasteiger partial charge in [0.2, 0.25) is 0 Å². The molecule has 2 atom stereocenters. The lowest BCUT2D eigenvalue weighted by atomic mass is 10.0. The highest BCUT2D eigenvalue weighted by Gasteiger charge is 2.25. The molecule has 0 amide bonds. The fraction of sp³-hybridized carbons (Fsp3) is 0.829. The van der Waals surface area contributed by atoms with Crippen LogP contribution in [0.15, 0.2) is 36.5 Å². The molecule has 0 aliphatic heterocycles. The minimum atomic E-state index is -4.28. The predicted molar refractivity (Wildman–Crippen MR) is 210 cm³/mol. The average Bonchev–Trinajstić information content (AvgIpc) is 3.10. The monoisotopic (exact) mass is 728 g/mol. The smallest absolute Gasteiger partial charge is 0.457 e. The third-order valence-corrected chi connectivity index (χ3v) is 9.56. The van der Waals surface area contributed by atoms with Crippen LogP contribution in [0.3, 0.4) is 0 Å². The number of allylic oxidation sites excluding steroid dienone is 6. The highest BCUT2D eigenvalue weighted by atomic mass is 31.2. The van der Waals surface area contributed by atoms with E-state index in [2.05, 4.69) is 50.3 Å². The third kappa shape index (κ3) is 38.0. The number of hydrogen-bond donors (Lipinski definition) is 2. The number of ether oxygens (including phenoxy) is 2. The number of nitrogens with two attached hydrogens (primary N) is 1. The Morgan fingerprint density at radius 3 is 1.68 bits per heavy atom. The van der Waals surface area contributed by atoms with Gasteiger partial charge in [0.05, 0.1) is 19.8 Å². The van der Waals surface area contributed by atoms with Crippen LogP contribution in [0.4, 0.5) is 0 Å². The molecule has 0 saturated carbocycles. The lowest BCUT2D eigenvalue weighted by Crippen LogP contribution is -2.28. The van der Waals surface area contributed by atoms with Crippen molar-refractivity contribution in [3.63, 3.8) is 0 Å². The Hall–Kier alpha value is -1.28. The Morgan fingerprint density at radius 2 is 1.12 bits per heavy atom. The van der Waals surface area contributed by atoms with Crippen LogP contribution in [0, 0.1) is 0 Å². The minimum Gasteiger partial charge on any atom is -0.457 e. The number of hydrogen-bond acceptors (Lipinski definition) is 7. The quantitative estimate of drug-likeness (QED) is 0.0278. The molecular formula is C41H78NO7P. The Kier molecular flexibility index (Phi) is 37.9. The number of rotatable bonds is 39. The molecule has 0 aliphatic carbocycles. The van der Waals surface area contributed by atoms with Crippen molar-refractivity contribution in [2.24, 2.45) is 5.73 Å². The van der Waals surface area contributed by atoms with E-state index in [4.69, 9.17) is 24.3 Å². The number of carbonyl (C=O) groups excluding carboxylic acids is 1. The van der Waals surface area contributed by atoms with Gasteiger partial charge in [0.15, 0.2) is 0 Å². The molecule has 3 N–H and O–H groups in total. The first kappa shape index (κ1) is 48.7. The highest BCUT2D eigenvalue weighted by Crippen LogP contribution is 2.43. The van der Waals surface area contributed by atoms with E-state index in [0.717, 1.165) is 70.6 Å². The zero-order chi connectivity index (χ0) is 36.6. The summed E-state index contributed by atoms with van der Waals surface area (Å²) in [5, 5.41) is 0. The van der Waals surface area contributed by atoms with Crippen LogP contribution in [-0.4, -0.2) is 49.9 Å². The van der Waals surface area contributed by atoms with Gasteiger partial charge in [-0.1, -0.05) is 166 Å². The van der Waals surface area contributed by atoms with E-state index in [1.807, 2.05) is 0 Å². The van der Waals surface area contributed by atoms with E-state index >= 15 is 0 Å². The first-order valence-corrected chi connectivity index (χ1v) is 22.0. The summed E-state index contributed by atoms with van der Waals surface area (Å²) in [5.41, 5.74) is 5.36. The largest absolute Gasteiger partial charge is 0.472 e. The van der Waals surface area contributed by atoms with Crippen molar-refractivity contribution in [1.29, 1.82) is 0 Å². The van der Waals surface area contributed by atoms with E-state index < -0.39 is 13.9 Å². The molecule has 2 unspecified atom stereocenters. The van der Waals surface area contributed by atoms with Gasteiger partial charge in [0.25, 0.3) is 0 Å². The zero-order valence-corrected chi connectivity index (χ0v) is 33.3. The summed E-state index contributed by atoms with van der Waals surface area (Å²) in [6.07, 6.45) is 43.0. The number of phosphoric ester groups is 1. The van der Waals surface area contributed by atoms with E-state index in [-0.39, 0.29) is 32.3 Å². The second kappa shape index (κ2) is 38.9. The Labute approximate surface area is 308 Å². The van der Waals surface area contributed by atoms with E-state index in [1.54, 1.807) is 0 Å². The predicted octanol–water partition coefficient (Wildman–Crippen LogP) is 11.9. The van der Waals surface area contributed by atoms with Gasteiger partial charge in [0.1, 0.15) is 6.10 Å². The van der Waals surface area contributed by atoms with Crippen molar-refractivity contribution in [1.82, 2.24) is 0 Å². The van der Waals surface area contributed by atoms with Gasteiger partial charge in [-0.3, -0.25) is 13.8 Å². The van der Waals surface area contributed by atoms with Crippen LogP contribution in [0.1, 0.15) is 181 Å². The fourth-order valence-corrected chi connectivity index (χ4v) is 6.36. The number of phosphoric acid groups is 1. The SMILES string of the molecule is CC/C=C\C/C=C\C/C=C\CCCCCCCC(=O)OC(COCCCCCCCCCCCCCCCCCC)COP(=O)(O)OCCN.